The molecule has 3 unspecified atom stereocenters. The quantitative estimate of drug-likeness (QED) is 0.657. The van der Waals surface area contributed by atoms with E-state index in [2.05, 4.69) is 0 Å². The molecule has 3 atom stereocenters. The molecule has 0 radical (unpaired) electrons. The highest BCUT2D eigenvalue weighted by Gasteiger charge is 2.35. The monoisotopic (exact) mass is 236 g/mol. The second-order valence-electron chi connectivity index (χ2n) is 4.36. The standard InChI is InChI=1S/C12H16N2O3/c13-10(12(15)16)6-9-8-4-2-1-3-7(8)5-11(9)17-14/h1-4,9-11H,5-6,13-14H2,(H,15,16). The van der Waals surface area contributed by atoms with Crippen molar-refractivity contribution < 1.29 is 14.7 Å². The fourth-order valence-corrected chi connectivity index (χ4v) is 2.44. The minimum absolute atomic E-state index is 0.0395. The molecule has 0 aliphatic heterocycles. The molecule has 0 aromatic heterocycles. The molecule has 0 saturated heterocycles. The number of hydrogen-bond donors (Lipinski definition) is 3. The molecule has 1 aliphatic rings. The Morgan fingerprint density at radius 3 is 2.88 bits per heavy atom. The van der Waals surface area contributed by atoms with Gasteiger partial charge in [0.1, 0.15) is 6.04 Å². The summed E-state index contributed by atoms with van der Waals surface area (Å²) in [6.07, 6.45) is 0.871. The SMILES string of the molecule is NOC1Cc2ccccc2C1CC(N)C(=O)O. The lowest BCUT2D eigenvalue weighted by atomic mass is 9.92. The Balaban J connectivity index is 2.21. The normalized spacial score (nSPS) is 24.4. The van der Waals surface area contributed by atoms with E-state index in [-0.39, 0.29) is 12.0 Å². The molecule has 1 aromatic carbocycles. The summed E-state index contributed by atoms with van der Waals surface area (Å²) in [5.41, 5.74) is 7.83. The van der Waals surface area contributed by atoms with Gasteiger partial charge in [0.15, 0.2) is 0 Å². The molecule has 0 heterocycles. The number of aliphatic carboxylic acids is 1. The first-order valence-corrected chi connectivity index (χ1v) is 5.55. The number of hydrogen-bond acceptors (Lipinski definition) is 4. The second kappa shape index (κ2) is 4.83. The van der Waals surface area contributed by atoms with Crippen LogP contribution in [0.2, 0.25) is 0 Å². The summed E-state index contributed by atoms with van der Waals surface area (Å²) >= 11 is 0. The van der Waals surface area contributed by atoms with Crippen LogP contribution in [0, 0.1) is 0 Å². The van der Waals surface area contributed by atoms with E-state index in [4.69, 9.17) is 21.6 Å². The molecule has 0 amide bonds. The lowest BCUT2D eigenvalue weighted by Crippen LogP contribution is -2.35. The van der Waals surface area contributed by atoms with E-state index in [9.17, 15) is 4.79 Å². The molecule has 0 spiro atoms. The molecule has 0 bridgehead atoms. The van der Waals surface area contributed by atoms with Gasteiger partial charge >= 0.3 is 5.97 Å². The highest BCUT2D eigenvalue weighted by atomic mass is 16.6. The summed E-state index contributed by atoms with van der Waals surface area (Å²) in [7, 11) is 0. The summed E-state index contributed by atoms with van der Waals surface area (Å²) < 4.78 is 0. The Kier molecular flexibility index (Phi) is 3.42. The van der Waals surface area contributed by atoms with Gasteiger partial charge in [-0.15, -0.1) is 0 Å². The van der Waals surface area contributed by atoms with Crippen molar-refractivity contribution in [1.29, 1.82) is 0 Å². The third kappa shape index (κ3) is 2.31. The number of rotatable bonds is 4. The predicted octanol–water partition coefficient (Wildman–Crippen LogP) is 0.387. The van der Waals surface area contributed by atoms with Gasteiger partial charge < -0.3 is 15.7 Å². The maximum Gasteiger partial charge on any atom is 0.320 e. The molecule has 17 heavy (non-hydrogen) atoms. The van der Waals surface area contributed by atoms with Crippen LogP contribution in [0.1, 0.15) is 23.5 Å². The maximum absolute atomic E-state index is 10.8. The third-order valence-electron chi connectivity index (χ3n) is 3.32. The van der Waals surface area contributed by atoms with Gasteiger partial charge in [-0.05, 0) is 17.5 Å². The minimum Gasteiger partial charge on any atom is -0.480 e. The van der Waals surface area contributed by atoms with Gasteiger partial charge in [-0.2, -0.15) is 0 Å². The molecule has 5 nitrogen and oxygen atoms in total. The van der Waals surface area contributed by atoms with Crippen LogP contribution in [0.25, 0.3) is 0 Å². The molecule has 1 aliphatic carbocycles. The lowest BCUT2D eigenvalue weighted by molar-refractivity contribution is -0.139. The van der Waals surface area contributed by atoms with E-state index in [1.807, 2.05) is 24.3 Å². The number of fused-ring (bicyclic) bond motifs is 1. The largest absolute Gasteiger partial charge is 0.480 e. The van der Waals surface area contributed by atoms with Crippen molar-refractivity contribution >= 4 is 5.97 Å². The molecule has 5 heteroatoms. The Bertz CT molecular complexity index is 422. The predicted molar refractivity (Wildman–Crippen MR) is 62.2 cm³/mol. The molecule has 0 saturated carbocycles. The third-order valence-corrected chi connectivity index (χ3v) is 3.32. The van der Waals surface area contributed by atoms with Gasteiger partial charge in [-0.1, -0.05) is 24.3 Å². The van der Waals surface area contributed by atoms with Crippen molar-refractivity contribution in [3.05, 3.63) is 35.4 Å². The zero-order chi connectivity index (χ0) is 12.4. The van der Waals surface area contributed by atoms with Crippen LogP contribution in [0.5, 0.6) is 0 Å². The van der Waals surface area contributed by atoms with Gasteiger partial charge in [0.25, 0.3) is 0 Å². The molecule has 1 aromatic rings. The van der Waals surface area contributed by atoms with Crippen molar-refractivity contribution in [1.82, 2.24) is 0 Å². The number of carbonyl (C=O) groups is 1. The molecule has 0 fully saturated rings. The van der Waals surface area contributed by atoms with E-state index in [0.29, 0.717) is 12.8 Å². The second-order valence-corrected chi connectivity index (χ2v) is 4.36. The van der Waals surface area contributed by atoms with Crippen LogP contribution >= 0.6 is 0 Å². The van der Waals surface area contributed by atoms with Crippen molar-refractivity contribution in [2.75, 3.05) is 0 Å². The average molecular weight is 236 g/mol. The first-order valence-electron chi connectivity index (χ1n) is 5.55. The molecular weight excluding hydrogens is 220 g/mol. The minimum atomic E-state index is -0.995. The highest BCUT2D eigenvalue weighted by molar-refractivity contribution is 5.73. The fraction of sp³-hybridized carbons (Fsp3) is 0.417. The van der Waals surface area contributed by atoms with E-state index >= 15 is 0 Å². The van der Waals surface area contributed by atoms with E-state index < -0.39 is 12.0 Å². The number of carboxylic acid groups (broad SMARTS) is 1. The van der Waals surface area contributed by atoms with Gasteiger partial charge in [-0.25, -0.2) is 5.90 Å². The Hall–Kier alpha value is -1.43. The van der Waals surface area contributed by atoms with Crippen LogP contribution in [-0.2, 0) is 16.1 Å². The fourth-order valence-electron chi connectivity index (χ4n) is 2.44. The summed E-state index contributed by atoms with van der Waals surface area (Å²) in [6, 6.07) is 6.98. The highest BCUT2D eigenvalue weighted by Crippen LogP contribution is 2.37. The van der Waals surface area contributed by atoms with E-state index in [1.54, 1.807) is 0 Å². The summed E-state index contributed by atoms with van der Waals surface area (Å²) in [6.45, 7) is 0. The van der Waals surface area contributed by atoms with Crippen LogP contribution in [0.3, 0.4) is 0 Å². The smallest absolute Gasteiger partial charge is 0.320 e. The van der Waals surface area contributed by atoms with E-state index in [0.717, 1.165) is 11.1 Å². The van der Waals surface area contributed by atoms with Crippen molar-refractivity contribution in [3.8, 4) is 0 Å². The van der Waals surface area contributed by atoms with Crippen LogP contribution < -0.4 is 11.6 Å². The average Bonchev–Trinajstić information content (AvgIpc) is 2.67. The van der Waals surface area contributed by atoms with E-state index in [1.165, 1.54) is 0 Å². The first-order chi connectivity index (χ1) is 8.13. The number of nitrogens with two attached hydrogens (primary N) is 2. The summed E-state index contributed by atoms with van der Waals surface area (Å²) in [4.78, 5) is 15.7. The van der Waals surface area contributed by atoms with Crippen LogP contribution in [0.4, 0.5) is 0 Å². The topological polar surface area (TPSA) is 98.6 Å². The Morgan fingerprint density at radius 1 is 1.53 bits per heavy atom. The zero-order valence-electron chi connectivity index (χ0n) is 9.37. The number of benzene rings is 1. The molecule has 92 valence electrons. The Morgan fingerprint density at radius 2 is 2.24 bits per heavy atom. The molecular formula is C12H16N2O3. The zero-order valence-corrected chi connectivity index (χ0v) is 9.37. The van der Waals surface area contributed by atoms with Crippen LogP contribution in [-0.4, -0.2) is 23.2 Å². The van der Waals surface area contributed by atoms with Gasteiger partial charge in [0.2, 0.25) is 0 Å². The number of carboxylic acids is 1. The molecule has 5 N–H and O–H groups in total. The van der Waals surface area contributed by atoms with Crippen molar-refractivity contribution in [2.24, 2.45) is 11.6 Å². The lowest BCUT2D eigenvalue weighted by Gasteiger charge is -2.20. The Labute approximate surface area is 99.3 Å². The van der Waals surface area contributed by atoms with Gasteiger partial charge in [-0.3, -0.25) is 4.79 Å². The summed E-state index contributed by atoms with van der Waals surface area (Å²) in [5.74, 6) is 4.23. The summed E-state index contributed by atoms with van der Waals surface area (Å²) in [5, 5.41) is 8.85. The maximum atomic E-state index is 10.8. The van der Waals surface area contributed by atoms with Crippen molar-refractivity contribution in [3.63, 3.8) is 0 Å². The first kappa shape index (κ1) is 12.0. The van der Waals surface area contributed by atoms with Gasteiger partial charge in [0.05, 0.1) is 6.10 Å². The van der Waals surface area contributed by atoms with Gasteiger partial charge in [0, 0.05) is 12.3 Å². The van der Waals surface area contributed by atoms with Crippen molar-refractivity contribution in [2.45, 2.75) is 30.9 Å². The molecule has 2 rings (SSSR count). The van der Waals surface area contributed by atoms with Crippen LogP contribution in [0.15, 0.2) is 24.3 Å².